The molecule has 0 aliphatic carbocycles. The normalized spacial score (nSPS) is 11.8. The van der Waals surface area contributed by atoms with Crippen LogP contribution >= 0.6 is 11.8 Å². The smallest absolute Gasteiger partial charge is 0.420 e. The molecular weight excluding hydrogens is 248 g/mol. The molecule has 96 valence electrons. The molecule has 0 saturated heterocycles. The molecule has 0 bridgehead atoms. The van der Waals surface area contributed by atoms with Crippen LogP contribution in [0.2, 0.25) is 0 Å². The summed E-state index contributed by atoms with van der Waals surface area (Å²) in [7, 11) is 0. The van der Waals surface area contributed by atoms with Gasteiger partial charge in [0.1, 0.15) is 17.4 Å². The third kappa shape index (κ3) is 2.51. The highest BCUT2D eigenvalue weighted by molar-refractivity contribution is 7.98. The highest BCUT2D eigenvalue weighted by Crippen LogP contribution is 2.25. The fraction of sp³-hybridized carbons (Fsp3) is 0.385. The largest absolute Gasteiger partial charge is 0.443 e. The molecule has 0 unspecified atom stereocenters. The summed E-state index contributed by atoms with van der Waals surface area (Å²) >= 11 is 1.61. The molecule has 0 amide bonds. The maximum absolute atomic E-state index is 12.0. The van der Waals surface area contributed by atoms with Crippen LogP contribution in [0.15, 0.2) is 29.4 Å². The molecule has 0 spiro atoms. The summed E-state index contributed by atoms with van der Waals surface area (Å²) in [5.41, 5.74) is 1.09. The number of carbonyl (C=O) groups excluding carboxylic acids is 1. The third-order valence-electron chi connectivity index (χ3n) is 2.35. The van der Waals surface area contributed by atoms with E-state index >= 15 is 0 Å². The first kappa shape index (κ1) is 13.0. The van der Waals surface area contributed by atoms with E-state index in [2.05, 4.69) is 4.98 Å². The summed E-state index contributed by atoms with van der Waals surface area (Å²) in [4.78, 5) is 17.4. The van der Waals surface area contributed by atoms with Gasteiger partial charge in [-0.25, -0.2) is 14.3 Å². The van der Waals surface area contributed by atoms with E-state index in [0.29, 0.717) is 0 Å². The van der Waals surface area contributed by atoms with Crippen molar-refractivity contribution in [3.63, 3.8) is 0 Å². The minimum atomic E-state index is -0.509. The van der Waals surface area contributed by atoms with Crippen molar-refractivity contribution in [2.75, 3.05) is 6.26 Å². The van der Waals surface area contributed by atoms with E-state index in [4.69, 9.17) is 4.74 Å². The van der Waals surface area contributed by atoms with Crippen molar-refractivity contribution in [2.24, 2.45) is 0 Å². The molecule has 0 N–H and O–H groups in total. The van der Waals surface area contributed by atoms with Crippen molar-refractivity contribution in [1.82, 2.24) is 9.55 Å². The Bertz CT molecular complexity index is 584. The van der Waals surface area contributed by atoms with Crippen LogP contribution in [0.3, 0.4) is 0 Å². The fourth-order valence-electron chi connectivity index (χ4n) is 1.63. The molecule has 0 radical (unpaired) electrons. The first-order valence-electron chi connectivity index (χ1n) is 5.66. The highest BCUT2D eigenvalue weighted by Gasteiger charge is 2.19. The Hall–Kier alpha value is -1.49. The molecule has 2 rings (SSSR count). The van der Waals surface area contributed by atoms with Crippen LogP contribution < -0.4 is 0 Å². The van der Waals surface area contributed by atoms with E-state index in [1.54, 1.807) is 11.8 Å². The van der Waals surface area contributed by atoms with Crippen LogP contribution in [0.5, 0.6) is 0 Å². The molecule has 0 fully saturated rings. The molecular formula is C13H16N2O2S. The average molecular weight is 264 g/mol. The van der Waals surface area contributed by atoms with Crippen LogP contribution in [0, 0.1) is 0 Å². The summed E-state index contributed by atoms with van der Waals surface area (Å²) in [5.74, 6) is 0. The maximum Gasteiger partial charge on any atom is 0.420 e. The predicted molar refractivity (Wildman–Crippen MR) is 73.1 cm³/mol. The first-order valence-corrected chi connectivity index (χ1v) is 6.88. The first-order chi connectivity index (χ1) is 8.42. The number of thioether (sulfide) groups is 1. The van der Waals surface area contributed by atoms with Crippen LogP contribution in [0.1, 0.15) is 20.8 Å². The zero-order valence-corrected chi connectivity index (χ0v) is 11.7. The van der Waals surface area contributed by atoms with E-state index < -0.39 is 11.7 Å². The highest BCUT2D eigenvalue weighted by atomic mass is 32.2. The van der Waals surface area contributed by atoms with Crippen LogP contribution in [-0.4, -0.2) is 27.5 Å². The van der Waals surface area contributed by atoms with E-state index in [1.165, 1.54) is 10.9 Å². The second kappa shape index (κ2) is 4.65. The van der Waals surface area contributed by atoms with Crippen LogP contribution in [0.4, 0.5) is 4.79 Å². The van der Waals surface area contributed by atoms with Crippen molar-refractivity contribution in [2.45, 2.75) is 31.3 Å². The number of imidazole rings is 1. The minimum absolute atomic E-state index is 0.400. The molecule has 0 saturated carbocycles. The fourth-order valence-corrected chi connectivity index (χ4v) is 2.20. The number of benzene rings is 1. The molecule has 1 aromatic heterocycles. The van der Waals surface area contributed by atoms with Crippen LogP contribution in [-0.2, 0) is 4.74 Å². The lowest BCUT2D eigenvalue weighted by Crippen LogP contribution is -2.26. The number of nitrogens with zero attached hydrogens (tertiary/aromatic N) is 2. The average Bonchev–Trinajstić information content (AvgIpc) is 2.69. The second-order valence-electron chi connectivity index (χ2n) is 4.92. The van der Waals surface area contributed by atoms with Crippen molar-refractivity contribution in [3.8, 4) is 0 Å². The van der Waals surface area contributed by atoms with Gasteiger partial charge < -0.3 is 4.74 Å². The number of aromatic nitrogens is 2. The number of hydrogen-bond donors (Lipinski definition) is 0. The number of rotatable bonds is 1. The number of fused-ring (bicyclic) bond motifs is 1. The van der Waals surface area contributed by atoms with E-state index in [9.17, 15) is 4.79 Å². The summed E-state index contributed by atoms with van der Waals surface area (Å²) in [6.45, 7) is 5.53. The molecule has 5 heteroatoms. The van der Waals surface area contributed by atoms with Crippen molar-refractivity contribution >= 4 is 28.9 Å². The molecule has 2 aromatic rings. The van der Waals surface area contributed by atoms with Crippen molar-refractivity contribution in [1.29, 1.82) is 0 Å². The van der Waals surface area contributed by atoms with Gasteiger partial charge in [0.05, 0.1) is 5.52 Å². The van der Waals surface area contributed by atoms with Gasteiger partial charge in [0, 0.05) is 4.90 Å². The second-order valence-corrected chi connectivity index (χ2v) is 5.77. The summed E-state index contributed by atoms with van der Waals surface area (Å²) in [6, 6.07) is 5.77. The van der Waals surface area contributed by atoms with Gasteiger partial charge in [-0.2, -0.15) is 0 Å². The SMILES string of the molecule is CSc1cccc2c1ncn2C(=O)OC(C)(C)C. The van der Waals surface area contributed by atoms with Gasteiger partial charge in [-0.05, 0) is 39.2 Å². The molecule has 0 aliphatic heterocycles. The maximum atomic E-state index is 12.0. The van der Waals surface area contributed by atoms with Gasteiger partial charge in [-0.3, -0.25) is 0 Å². The van der Waals surface area contributed by atoms with Gasteiger partial charge in [-0.15, -0.1) is 11.8 Å². The number of carbonyl (C=O) groups is 1. The standard InChI is InChI=1S/C13H16N2O2S/c1-13(2,3)17-12(16)15-8-14-11-9(15)6-5-7-10(11)18-4/h5-8H,1-4H3. The predicted octanol–water partition coefficient (Wildman–Crippen LogP) is 3.54. The van der Waals surface area contributed by atoms with Crippen molar-refractivity contribution in [3.05, 3.63) is 24.5 Å². The minimum Gasteiger partial charge on any atom is -0.443 e. The monoisotopic (exact) mass is 264 g/mol. The number of ether oxygens (including phenoxy) is 1. The molecule has 18 heavy (non-hydrogen) atoms. The Morgan fingerprint density at radius 1 is 1.39 bits per heavy atom. The van der Waals surface area contributed by atoms with Gasteiger partial charge in [0.15, 0.2) is 0 Å². The van der Waals surface area contributed by atoms with E-state index in [-0.39, 0.29) is 0 Å². The third-order valence-corrected chi connectivity index (χ3v) is 3.12. The summed E-state index contributed by atoms with van der Waals surface area (Å²) < 4.78 is 6.79. The number of hydrogen-bond acceptors (Lipinski definition) is 4. The van der Waals surface area contributed by atoms with Gasteiger partial charge in [0.2, 0.25) is 0 Å². The molecule has 1 heterocycles. The Morgan fingerprint density at radius 2 is 2.11 bits per heavy atom. The Balaban J connectivity index is 2.44. The van der Waals surface area contributed by atoms with E-state index in [1.807, 2.05) is 45.2 Å². The van der Waals surface area contributed by atoms with E-state index in [0.717, 1.165) is 15.9 Å². The van der Waals surface area contributed by atoms with Gasteiger partial charge in [-0.1, -0.05) is 6.07 Å². The zero-order chi connectivity index (χ0) is 13.3. The molecule has 0 atom stereocenters. The Kier molecular flexibility index (Phi) is 3.34. The van der Waals surface area contributed by atoms with Gasteiger partial charge >= 0.3 is 6.09 Å². The summed E-state index contributed by atoms with van der Waals surface area (Å²) in [6.07, 6.45) is 3.10. The quantitative estimate of drug-likeness (QED) is 0.739. The Labute approximate surface area is 110 Å². The molecule has 4 nitrogen and oxygen atoms in total. The van der Waals surface area contributed by atoms with Crippen molar-refractivity contribution < 1.29 is 9.53 Å². The zero-order valence-electron chi connectivity index (χ0n) is 10.9. The number of para-hydroxylation sites is 1. The Morgan fingerprint density at radius 3 is 2.72 bits per heavy atom. The van der Waals surface area contributed by atoms with Gasteiger partial charge in [0.25, 0.3) is 0 Å². The lowest BCUT2D eigenvalue weighted by molar-refractivity contribution is 0.0543. The topological polar surface area (TPSA) is 44.1 Å². The lowest BCUT2D eigenvalue weighted by atomic mass is 10.2. The lowest BCUT2D eigenvalue weighted by Gasteiger charge is -2.19. The van der Waals surface area contributed by atoms with Crippen LogP contribution in [0.25, 0.3) is 11.0 Å². The molecule has 1 aromatic carbocycles. The summed E-state index contributed by atoms with van der Waals surface area (Å²) in [5, 5.41) is 0. The molecule has 0 aliphatic rings.